The van der Waals surface area contributed by atoms with Crippen LogP contribution in [0, 0.1) is 0 Å². The number of rotatable bonds is 5. The van der Waals surface area contributed by atoms with Crippen LogP contribution in [0.15, 0.2) is 0 Å². The molecule has 0 amide bonds. The molecule has 1 fully saturated rings. The van der Waals surface area contributed by atoms with Crippen molar-refractivity contribution in [1.29, 1.82) is 0 Å². The molecule has 0 radical (unpaired) electrons. The maximum atomic E-state index is 5.28. The van der Waals surface area contributed by atoms with Gasteiger partial charge < -0.3 is 28.6 Å². The average molecular weight is 569 g/mol. The molecule has 1 saturated heterocycles. The first kappa shape index (κ1) is 34.3. The summed E-state index contributed by atoms with van der Waals surface area (Å²) in [5.74, 6) is 0. The van der Waals surface area contributed by atoms with E-state index in [9.17, 15) is 0 Å². The molecular formula is C19H56N6Si4Sr+4. The molecular weight excluding hydrogens is 512 g/mol. The van der Waals surface area contributed by atoms with Crippen LogP contribution >= 0.6 is 0 Å². The standard InChI is InChI=1S/C15H38N5Si2.C4H14NSi2.Sr/c1-17-8-10-18(2)12-14-20(15-13-19(3)11-9-17)22(6,7)16-21(4)5;1-6(2)5-7(3)4;/h21H,8-15H2,1-7H3;6-7H,1-4H3;/q2*-1;+2/p+4. The van der Waals surface area contributed by atoms with Gasteiger partial charge in [0.2, 0.25) is 0 Å². The van der Waals surface area contributed by atoms with Gasteiger partial charge in [-0.05, 0) is 13.1 Å². The quantitative estimate of drug-likeness (QED) is 0.248. The second kappa shape index (κ2) is 18.4. The van der Waals surface area contributed by atoms with Crippen LogP contribution in [0.25, 0.3) is 9.30 Å². The molecule has 11 heteroatoms. The summed E-state index contributed by atoms with van der Waals surface area (Å²) in [5, 5.41) is 0. The van der Waals surface area contributed by atoms with Gasteiger partial charge in [-0.3, -0.25) is 0 Å². The van der Waals surface area contributed by atoms with Gasteiger partial charge in [0.25, 0.3) is 0 Å². The maximum Gasteiger partial charge on any atom is 2.00 e. The molecule has 6 nitrogen and oxygen atoms in total. The predicted octanol–water partition coefficient (Wildman–Crippen LogP) is -3.57. The molecule has 176 valence electrons. The van der Waals surface area contributed by atoms with E-state index in [1.807, 2.05) is 4.57 Å². The molecule has 30 heavy (non-hydrogen) atoms. The predicted molar refractivity (Wildman–Crippen MR) is 147 cm³/mol. The van der Waals surface area contributed by atoms with Crippen LogP contribution in [0.2, 0.25) is 52.4 Å². The second-order valence-corrected chi connectivity index (χ2v) is 23.2. The fourth-order valence-corrected chi connectivity index (χ4v) is 16.2. The number of likely N-dealkylation sites (N-methyl/N-ethyl adjacent to an activating group) is 3. The van der Waals surface area contributed by atoms with E-state index in [4.69, 9.17) is 4.65 Å². The van der Waals surface area contributed by atoms with Crippen molar-refractivity contribution >= 4 is 80.8 Å². The average Bonchev–Trinajstić information content (AvgIpc) is 2.54. The molecule has 0 saturated carbocycles. The van der Waals surface area contributed by atoms with Gasteiger partial charge in [0.05, 0.1) is 21.1 Å². The van der Waals surface area contributed by atoms with Crippen LogP contribution in [-0.4, -0.2) is 154 Å². The Bertz CT molecular complexity index is 394. The summed E-state index contributed by atoms with van der Waals surface area (Å²) < 4.78 is 11.7. The van der Waals surface area contributed by atoms with Crippen LogP contribution in [0.4, 0.5) is 0 Å². The normalized spacial score (nSPS) is 27.0. The van der Waals surface area contributed by atoms with Crippen LogP contribution in [0.1, 0.15) is 0 Å². The fourth-order valence-electron chi connectivity index (χ4n) is 4.03. The van der Waals surface area contributed by atoms with E-state index in [2.05, 4.69) is 78.2 Å². The van der Waals surface area contributed by atoms with E-state index in [-0.39, 0.29) is 45.5 Å². The van der Waals surface area contributed by atoms with Crippen molar-refractivity contribution in [3.05, 3.63) is 9.30 Å². The van der Waals surface area contributed by atoms with Gasteiger partial charge in [-0.2, -0.15) is 0 Å². The first-order valence-electron chi connectivity index (χ1n) is 12.0. The smallest absolute Gasteiger partial charge is 0.672 e. The van der Waals surface area contributed by atoms with Gasteiger partial charge in [-0.1, -0.05) is 66.2 Å². The zero-order chi connectivity index (χ0) is 22.6. The molecule has 0 spiro atoms. The number of hydrogen-bond donors (Lipinski definition) is 4. The summed E-state index contributed by atoms with van der Waals surface area (Å²) in [6.45, 7) is 29.2. The largest absolute Gasteiger partial charge is 2.00 e. The Hall–Kier alpha value is 2.11. The number of hydrogen-bond acceptors (Lipinski definition) is 0. The number of quaternary nitrogens is 4. The Morgan fingerprint density at radius 3 is 1.10 bits per heavy atom. The molecule has 1 rings (SSSR count). The Balaban J connectivity index is 0. The van der Waals surface area contributed by atoms with Crippen LogP contribution < -0.4 is 19.3 Å². The minimum atomic E-state index is -1.49. The van der Waals surface area contributed by atoms with E-state index in [1.54, 1.807) is 14.7 Å². The van der Waals surface area contributed by atoms with E-state index < -0.39 is 35.3 Å². The van der Waals surface area contributed by atoms with Gasteiger partial charge in [0.1, 0.15) is 52.4 Å². The second-order valence-electron chi connectivity index (χ2n) is 10.6. The van der Waals surface area contributed by atoms with E-state index >= 15 is 0 Å². The zero-order valence-corrected chi connectivity index (χ0v) is 30.4. The van der Waals surface area contributed by atoms with E-state index in [0.717, 1.165) is 0 Å². The van der Waals surface area contributed by atoms with Gasteiger partial charge in [0, 0.05) is 0 Å². The molecule has 0 aromatic carbocycles. The van der Waals surface area contributed by atoms with Crippen LogP contribution in [0.5, 0.6) is 0 Å². The summed E-state index contributed by atoms with van der Waals surface area (Å²) in [7, 11) is 3.70. The molecule has 0 aromatic heterocycles. The van der Waals surface area contributed by atoms with Crippen molar-refractivity contribution in [1.82, 2.24) is 0 Å². The molecule has 1 aliphatic rings. The molecule has 0 aliphatic carbocycles. The summed E-state index contributed by atoms with van der Waals surface area (Å²) in [6.07, 6.45) is 0. The summed E-state index contributed by atoms with van der Waals surface area (Å²) in [4.78, 5) is 5.09. The molecule has 0 aromatic rings. The third kappa shape index (κ3) is 18.5. The Morgan fingerprint density at radius 1 is 0.567 bits per heavy atom. The monoisotopic (exact) mass is 568 g/mol. The first-order chi connectivity index (χ1) is 13.3. The minimum absolute atomic E-state index is 0. The van der Waals surface area contributed by atoms with Crippen LogP contribution in [-0.2, 0) is 0 Å². The zero-order valence-electron chi connectivity index (χ0n) is 22.5. The van der Waals surface area contributed by atoms with Gasteiger partial charge in [-0.25, -0.2) is 0 Å². The van der Waals surface area contributed by atoms with Crippen LogP contribution in [0.3, 0.4) is 0 Å². The fraction of sp³-hybridized carbons (Fsp3) is 1.00. The molecule has 2 unspecified atom stereocenters. The molecule has 0 bridgehead atoms. The number of nitrogens with one attached hydrogen (secondary N) is 4. The Morgan fingerprint density at radius 2 is 0.867 bits per heavy atom. The number of nitrogens with zero attached hydrogens (tertiary/aromatic N) is 2. The van der Waals surface area contributed by atoms with Gasteiger partial charge in [-0.15, -0.1) is 0 Å². The van der Waals surface area contributed by atoms with E-state index in [0.29, 0.717) is 0 Å². The molecule has 1 aliphatic heterocycles. The summed E-state index contributed by atoms with van der Waals surface area (Å²) in [6, 6.07) is 0. The molecule has 2 atom stereocenters. The van der Waals surface area contributed by atoms with Gasteiger partial charge in [0.15, 0.2) is 8.40 Å². The van der Waals surface area contributed by atoms with Crippen molar-refractivity contribution in [2.24, 2.45) is 0 Å². The Labute approximate surface area is 233 Å². The van der Waals surface area contributed by atoms with Gasteiger partial charge >= 0.3 is 45.5 Å². The topological polar surface area (TPSA) is 46.0 Å². The third-order valence-electron chi connectivity index (χ3n) is 5.71. The summed E-state index contributed by atoms with van der Waals surface area (Å²) in [5.41, 5.74) is 0. The molecule has 1 heterocycles. The van der Waals surface area contributed by atoms with Crippen molar-refractivity contribution in [2.45, 2.75) is 52.4 Å². The van der Waals surface area contributed by atoms with Crippen molar-refractivity contribution in [3.8, 4) is 0 Å². The molecule has 4 N–H and O–H groups in total. The Kier molecular flexibility index (Phi) is 21.1. The summed E-state index contributed by atoms with van der Waals surface area (Å²) >= 11 is 0. The van der Waals surface area contributed by atoms with Crippen molar-refractivity contribution < 1.29 is 19.3 Å². The van der Waals surface area contributed by atoms with Crippen molar-refractivity contribution in [2.75, 3.05) is 73.5 Å². The minimum Gasteiger partial charge on any atom is -0.672 e. The SMILES string of the molecule is C[NH+]1CC[NH+](C)CC[NH+]([Si](C)(C)[N-][SiH](C)C)CC[NH+](C)CC1.C[SiH](C)[N-][SiH](C)C.[Sr+2]. The van der Waals surface area contributed by atoms with E-state index in [1.165, 1.54) is 52.4 Å². The third-order valence-corrected chi connectivity index (χ3v) is 17.4. The van der Waals surface area contributed by atoms with Crippen molar-refractivity contribution in [3.63, 3.8) is 0 Å². The maximum absolute atomic E-state index is 5.28. The first-order valence-corrected chi connectivity index (χ1v) is 23.5.